The van der Waals surface area contributed by atoms with Crippen molar-refractivity contribution in [3.05, 3.63) is 12.4 Å². The summed E-state index contributed by atoms with van der Waals surface area (Å²) in [6.07, 6.45) is 8.10. The highest BCUT2D eigenvalue weighted by atomic mass is 32.2. The van der Waals surface area contributed by atoms with Crippen molar-refractivity contribution in [2.75, 3.05) is 24.3 Å². The molecule has 2 rings (SSSR count). The molecule has 4 nitrogen and oxygen atoms in total. The quantitative estimate of drug-likeness (QED) is 0.656. The molecule has 0 aromatic carbocycles. The number of aliphatic hydroxyl groups is 1. The summed E-state index contributed by atoms with van der Waals surface area (Å²) in [5.41, 5.74) is 0. The molecule has 0 bridgehead atoms. The first kappa shape index (κ1) is 12.6. The van der Waals surface area contributed by atoms with Crippen LogP contribution in [0.15, 0.2) is 17.4 Å². The Labute approximate surface area is 106 Å². The molecule has 1 atom stereocenters. The van der Waals surface area contributed by atoms with Crippen LogP contribution in [0.2, 0.25) is 0 Å². The third-order valence-electron chi connectivity index (χ3n) is 3.22. The zero-order valence-electron chi connectivity index (χ0n) is 10.2. The zero-order chi connectivity index (χ0) is 12.1. The van der Waals surface area contributed by atoms with Gasteiger partial charge in [0.2, 0.25) is 0 Å². The summed E-state index contributed by atoms with van der Waals surface area (Å²) >= 11 is 1.63. The minimum absolute atomic E-state index is 0.252. The Morgan fingerprint density at radius 3 is 3.12 bits per heavy atom. The number of aromatic nitrogens is 2. The van der Waals surface area contributed by atoms with E-state index in [1.54, 1.807) is 18.1 Å². The molecule has 1 aromatic heterocycles. The van der Waals surface area contributed by atoms with Gasteiger partial charge in [-0.15, -0.1) is 11.8 Å². The second-order valence-electron chi connectivity index (χ2n) is 4.27. The first-order valence-electron chi connectivity index (χ1n) is 6.08. The second-order valence-corrected chi connectivity index (χ2v) is 5.10. The highest BCUT2D eigenvalue weighted by Crippen LogP contribution is 2.26. The van der Waals surface area contributed by atoms with Gasteiger partial charge in [-0.05, 0) is 31.9 Å². The van der Waals surface area contributed by atoms with Crippen molar-refractivity contribution in [1.82, 2.24) is 9.97 Å². The number of thioether (sulfide) groups is 1. The number of anilines is 1. The van der Waals surface area contributed by atoms with Gasteiger partial charge in [-0.3, -0.25) is 0 Å². The maximum atomic E-state index is 9.12. The van der Waals surface area contributed by atoms with Crippen LogP contribution in [0.4, 0.5) is 5.82 Å². The number of nitrogens with zero attached hydrogens (tertiary/aromatic N) is 3. The molecule has 5 heteroatoms. The normalized spacial score (nSPS) is 20.6. The summed E-state index contributed by atoms with van der Waals surface area (Å²) in [4.78, 5) is 10.9. The van der Waals surface area contributed by atoms with Gasteiger partial charge < -0.3 is 10.0 Å². The maximum absolute atomic E-state index is 9.12. The van der Waals surface area contributed by atoms with Crippen molar-refractivity contribution in [2.45, 2.75) is 36.8 Å². The van der Waals surface area contributed by atoms with Crippen molar-refractivity contribution in [2.24, 2.45) is 0 Å². The highest BCUT2D eigenvalue weighted by molar-refractivity contribution is 7.98. The number of hydrogen-bond donors (Lipinski definition) is 1. The highest BCUT2D eigenvalue weighted by Gasteiger charge is 2.23. The molecule has 17 heavy (non-hydrogen) atoms. The molecule has 1 fully saturated rings. The van der Waals surface area contributed by atoms with E-state index >= 15 is 0 Å². The van der Waals surface area contributed by atoms with Crippen molar-refractivity contribution >= 4 is 17.6 Å². The predicted molar refractivity (Wildman–Crippen MR) is 70.5 cm³/mol. The van der Waals surface area contributed by atoms with Crippen LogP contribution in [0.25, 0.3) is 0 Å². The Hall–Kier alpha value is -0.810. The van der Waals surface area contributed by atoms with Crippen molar-refractivity contribution < 1.29 is 5.11 Å². The fraction of sp³-hybridized carbons (Fsp3) is 0.667. The van der Waals surface area contributed by atoms with Crippen molar-refractivity contribution in [3.8, 4) is 0 Å². The smallest absolute Gasteiger partial charge is 0.133 e. The zero-order valence-corrected chi connectivity index (χ0v) is 11.0. The first-order chi connectivity index (χ1) is 8.35. The first-order valence-corrected chi connectivity index (χ1v) is 7.31. The van der Waals surface area contributed by atoms with Crippen LogP contribution in [0.1, 0.15) is 25.7 Å². The van der Waals surface area contributed by atoms with Gasteiger partial charge in [0.05, 0.1) is 0 Å². The molecule has 1 aliphatic heterocycles. The fourth-order valence-corrected chi connectivity index (χ4v) is 2.73. The molecule has 1 saturated heterocycles. The average Bonchev–Trinajstić information content (AvgIpc) is 2.40. The van der Waals surface area contributed by atoms with Crippen LogP contribution >= 0.6 is 11.8 Å². The van der Waals surface area contributed by atoms with Gasteiger partial charge in [0.25, 0.3) is 0 Å². The van der Waals surface area contributed by atoms with Crippen molar-refractivity contribution in [1.29, 1.82) is 0 Å². The Morgan fingerprint density at radius 2 is 2.35 bits per heavy atom. The molecule has 94 valence electrons. The molecule has 0 spiro atoms. The molecule has 0 amide bonds. The van der Waals surface area contributed by atoms with E-state index < -0.39 is 0 Å². The average molecular weight is 253 g/mol. The van der Waals surface area contributed by atoms with Gasteiger partial charge in [0.1, 0.15) is 17.2 Å². The van der Waals surface area contributed by atoms with Gasteiger partial charge in [-0.1, -0.05) is 0 Å². The van der Waals surface area contributed by atoms with Crippen LogP contribution in [0.3, 0.4) is 0 Å². The summed E-state index contributed by atoms with van der Waals surface area (Å²) < 4.78 is 0. The van der Waals surface area contributed by atoms with Crippen LogP contribution in [-0.4, -0.2) is 40.5 Å². The summed E-state index contributed by atoms with van der Waals surface area (Å²) in [5.74, 6) is 1.00. The molecule has 0 aliphatic carbocycles. The van der Waals surface area contributed by atoms with E-state index in [-0.39, 0.29) is 6.61 Å². The third kappa shape index (κ3) is 3.10. The molecule has 2 heterocycles. The van der Waals surface area contributed by atoms with E-state index in [0.29, 0.717) is 6.04 Å². The minimum atomic E-state index is 0.252. The second kappa shape index (κ2) is 6.21. The number of piperidine rings is 1. The van der Waals surface area contributed by atoms with Gasteiger partial charge in [-0.25, -0.2) is 9.97 Å². The molecule has 1 unspecified atom stereocenters. The monoisotopic (exact) mass is 253 g/mol. The van der Waals surface area contributed by atoms with Crippen molar-refractivity contribution in [3.63, 3.8) is 0 Å². The summed E-state index contributed by atoms with van der Waals surface area (Å²) in [7, 11) is 0. The van der Waals surface area contributed by atoms with Crippen LogP contribution in [-0.2, 0) is 0 Å². The van der Waals surface area contributed by atoms with E-state index in [1.165, 1.54) is 12.8 Å². The van der Waals surface area contributed by atoms with Gasteiger partial charge >= 0.3 is 0 Å². The van der Waals surface area contributed by atoms with E-state index in [1.807, 2.05) is 12.3 Å². The molecular formula is C12H19N3OS. The van der Waals surface area contributed by atoms with Crippen LogP contribution in [0.5, 0.6) is 0 Å². The Bertz CT molecular complexity index is 359. The van der Waals surface area contributed by atoms with Gasteiger partial charge in [0.15, 0.2) is 0 Å². The fourth-order valence-electron chi connectivity index (χ4n) is 2.35. The Balaban J connectivity index is 2.16. The maximum Gasteiger partial charge on any atom is 0.133 e. The SMILES string of the molecule is CSc1cc(N2CCCCC2CCO)ncn1. The van der Waals surface area contributed by atoms with Crippen LogP contribution in [0, 0.1) is 0 Å². The van der Waals surface area contributed by atoms with Crippen LogP contribution < -0.4 is 4.90 Å². The standard InChI is InChI=1S/C12H19N3OS/c1-17-12-8-11(13-9-14-12)15-6-3-2-4-10(15)5-7-16/h8-10,16H,2-7H2,1H3. The summed E-state index contributed by atoms with van der Waals surface area (Å²) in [6.45, 7) is 1.29. The third-order valence-corrected chi connectivity index (χ3v) is 3.86. The lowest BCUT2D eigenvalue weighted by atomic mass is 10.00. The lowest BCUT2D eigenvalue weighted by molar-refractivity contribution is 0.262. The van der Waals surface area contributed by atoms with Gasteiger partial charge in [0, 0.05) is 25.3 Å². The van der Waals surface area contributed by atoms with E-state index in [4.69, 9.17) is 5.11 Å². The molecule has 1 N–H and O–H groups in total. The summed E-state index contributed by atoms with van der Waals surface area (Å²) in [5, 5.41) is 10.1. The number of rotatable bonds is 4. The number of hydrogen-bond acceptors (Lipinski definition) is 5. The molecule has 0 radical (unpaired) electrons. The van der Waals surface area contributed by atoms with Gasteiger partial charge in [-0.2, -0.15) is 0 Å². The molecule has 0 saturated carbocycles. The Morgan fingerprint density at radius 1 is 1.47 bits per heavy atom. The topological polar surface area (TPSA) is 49.2 Å². The number of aliphatic hydroxyl groups excluding tert-OH is 1. The van der Waals surface area contributed by atoms with E-state index in [2.05, 4.69) is 14.9 Å². The largest absolute Gasteiger partial charge is 0.396 e. The Kier molecular flexibility index (Phi) is 4.62. The van der Waals surface area contributed by atoms with E-state index in [9.17, 15) is 0 Å². The minimum Gasteiger partial charge on any atom is -0.396 e. The molecule has 1 aromatic rings. The molecular weight excluding hydrogens is 234 g/mol. The predicted octanol–water partition coefficient (Wildman–Crippen LogP) is 1.94. The van der Waals surface area contributed by atoms with E-state index in [0.717, 1.165) is 30.2 Å². The molecule has 1 aliphatic rings. The summed E-state index contributed by atoms with van der Waals surface area (Å²) in [6, 6.07) is 2.47. The lowest BCUT2D eigenvalue weighted by Crippen LogP contribution is -2.40. The lowest BCUT2D eigenvalue weighted by Gasteiger charge is -2.36.